The molecule has 0 fully saturated rings. The lowest BCUT2D eigenvalue weighted by atomic mass is 9.85. The lowest BCUT2D eigenvalue weighted by Crippen LogP contribution is -2.23. The molecule has 1 aliphatic carbocycles. The molecule has 1 atom stereocenters. The fraction of sp³-hybridized carbons (Fsp3) is 0.353. The van der Waals surface area contributed by atoms with Gasteiger partial charge in [-0.1, -0.05) is 18.2 Å². The first-order valence-electron chi connectivity index (χ1n) is 7.17. The van der Waals surface area contributed by atoms with Crippen molar-refractivity contribution in [2.45, 2.75) is 38.2 Å². The van der Waals surface area contributed by atoms with E-state index in [1.54, 1.807) is 6.92 Å². The highest BCUT2D eigenvalue weighted by Crippen LogP contribution is 2.33. The van der Waals surface area contributed by atoms with E-state index in [1.165, 1.54) is 36.1 Å². The van der Waals surface area contributed by atoms with Crippen LogP contribution in [0.1, 0.15) is 52.8 Å². The van der Waals surface area contributed by atoms with E-state index in [4.69, 9.17) is 9.52 Å². The minimum Gasteiger partial charge on any atom is -0.475 e. The van der Waals surface area contributed by atoms with Crippen molar-refractivity contribution in [3.63, 3.8) is 0 Å². The van der Waals surface area contributed by atoms with Crippen molar-refractivity contribution >= 4 is 5.97 Å². The summed E-state index contributed by atoms with van der Waals surface area (Å²) in [6, 6.07) is 8.84. The summed E-state index contributed by atoms with van der Waals surface area (Å²) in [6.07, 6.45) is 4.49. The standard InChI is InChI=1S/C17H18O4/c1-17(20,15-9-8-14(21-15)16(18)19)13-7-6-11-4-2-3-5-12(11)10-13/h6-10,20H,2-5H2,1H3,(H,18,19). The Morgan fingerprint density at radius 3 is 2.52 bits per heavy atom. The van der Waals surface area contributed by atoms with Gasteiger partial charge in [-0.2, -0.15) is 0 Å². The summed E-state index contributed by atoms with van der Waals surface area (Å²) in [5, 5.41) is 19.7. The van der Waals surface area contributed by atoms with E-state index < -0.39 is 11.6 Å². The van der Waals surface area contributed by atoms with Crippen molar-refractivity contribution in [2.75, 3.05) is 0 Å². The Morgan fingerprint density at radius 2 is 1.86 bits per heavy atom. The van der Waals surface area contributed by atoms with Gasteiger partial charge < -0.3 is 14.6 Å². The van der Waals surface area contributed by atoms with E-state index >= 15 is 0 Å². The minimum atomic E-state index is -1.33. The number of aliphatic hydroxyl groups is 1. The van der Waals surface area contributed by atoms with E-state index in [2.05, 4.69) is 6.07 Å². The highest BCUT2D eigenvalue weighted by atomic mass is 16.4. The molecule has 1 aromatic heterocycles. The normalized spacial score (nSPS) is 17.0. The van der Waals surface area contributed by atoms with Crippen molar-refractivity contribution < 1.29 is 19.4 Å². The van der Waals surface area contributed by atoms with Gasteiger partial charge in [-0.3, -0.25) is 0 Å². The Labute approximate surface area is 123 Å². The van der Waals surface area contributed by atoms with Crippen LogP contribution in [0.25, 0.3) is 0 Å². The summed E-state index contributed by atoms with van der Waals surface area (Å²) >= 11 is 0. The summed E-state index contributed by atoms with van der Waals surface area (Å²) < 4.78 is 5.26. The van der Waals surface area contributed by atoms with Crippen LogP contribution in [0.5, 0.6) is 0 Å². The molecule has 4 nitrogen and oxygen atoms in total. The number of fused-ring (bicyclic) bond motifs is 1. The lowest BCUT2D eigenvalue weighted by molar-refractivity contribution is 0.0601. The molecule has 0 amide bonds. The summed E-state index contributed by atoms with van der Waals surface area (Å²) in [6.45, 7) is 1.63. The summed E-state index contributed by atoms with van der Waals surface area (Å²) in [5.41, 5.74) is 2.00. The molecule has 0 saturated heterocycles. The van der Waals surface area contributed by atoms with Gasteiger partial charge in [0.25, 0.3) is 0 Å². The Kier molecular flexibility index (Phi) is 3.33. The third-order valence-corrected chi connectivity index (χ3v) is 4.21. The molecule has 4 heteroatoms. The number of furan rings is 1. The van der Waals surface area contributed by atoms with Gasteiger partial charge in [0.1, 0.15) is 11.4 Å². The SMILES string of the molecule is CC(O)(c1ccc2c(c1)CCCC2)c1ccc(C(=O)O)o1. The fourth-order valence-electron chi connectivity index (χ4n) is 2.89. The molecule has 1 unspecified atom stereocenters. The predicted octanol–water partition coefficient (Wildman–Crippen LogP) is 3.11. The van der Waals surface area contributed by atoms with Crippen molar-refractivity contribution in [3.05, 3.63) is 58.5 Å². The number of benzene rings is 1. The van der Waals surface area contributed by atoms with E-state index in [0.29, 0.717) is 0 Å². The van der Waals surface area contributed by atoms with Crippen LogP contribution in [-0.4, -0.2) is 16.2 Å². The van der Waals surface area contributed by atoms with Gasteiger partial charge in [0, 0.05) is 0 Å². The fourth-order valence-corrected chi connectivity index (χ4v) is 2.89. The smallest absolute Gasteiger partial charge is 0.371 e. The Balaban J connectivity index is 1.98. The van der Waals surface area contributed by atoms with Gasteiger partial charge in [-0.15, -0.1) is 0 Å². The van der Waals surface area contributed by atoms with Gasteiger partial charge in [-0.25, -0.2) is 4.79 Å². The molecule has 1 aliphatic rings. The zero-order valence-corrected chi connectivity index (χ0v) is 11.9. The Hall–Kier alpha value is -2.07. The minimum absolute atomic E-state index is 0.164. The molecule has 0 radical (unpaired) electrons. The number of hydrogen-bond acceptors (Lipinski definition) is 3. The first kappa shape index (κ1) is 13.9. The number of aromatic carboxylic acids is 1. The molecule has 21 heavy (non-hydrogen) atoms. The van der Waals surface area contributed by atoms with Crippen molar-refractivity contribution in [1.82, 2.24) is 0 Å². The van der Waals surface area contributed by atoms with E-state index in [9.17, 15) is 9.90 Å². The van der Waals surface area contributed by atoms with Crippen LogP contribution in [0.2, 0.25) is 0 Å². The first-order chi connectivity index (χ1) is 9.98. The zero-order valence-electron chi connectivity index (χ0n) is 11.9. The molecule has 1 heterocycles. The molecule has 1 aromatic carbocycles. The molecule has 0 bridgehead atoms. The molecule has 0 spiro atoms. The quantitative estimate of drug-likeness (QED) is 0.909. The maximum absolute atomic E-state index is 10.9. The van der Waals surface area contributed by atoms with E-state index in [1.807, 2.05) is 12.1 Å². The van der Waals surface area contributed by atoms with Crippen LogP contribution >= 0.6 is 0 Å². The first-order valence-corrected chi connectivity index (χ1v) is 7.17. The molecule has 3 rings (SSSR count). The maximum Gasteiger partial charge on any atom is 0.371 e. The van der Waals surface area contributed by atoms with Crippen LogP contribution < -0.4 is 0 Å². The van der Waals surface area contributed by atoms with E-state index in [-0.39, 0.29) is 11.5 Å². The number of carboxylic acids is 1. The van der Waals surface area contributed by atoms with Crippen molar-refractivity contribution in [3.8, 4) is 0 Å². The average Bonchev–Trinajstić information content (AvgIpc) is 2.97. The second-order valence-electron chi connectivity index (χ2n) is 5.73. The Morgan fingerprint density at radius 1 is 1.14 bits per heavy atom. The van der Waals surface area contributed by atoms with E-state index in [0.717, 1.165) is 18.4 Å². The van der Waals surface area contributed by atoms with Gasteiger partial charge in [0.15, 0.2) is 0 Å². The van der Waals surface area contributed by atoms with Crippen molar-refractivity contribution in [2.24, 2.45) is 0 Å². The number of aryl methyl sites for hydroxylation is 2. The van der Waals surface area contributed by atoms with Crippen LogP contribution in [0.4, 0.5) is 0 Å². The summed E-state index contributed by atoms with van der Waals surface area (Å²) in [5.74, 6) is -1.05. The number of carboxylic acid groups (broad SMARTS) is 1. The van der Waals surface area contributed by atoms with Crippen LogP contribution in [0.15, 0.2) is 34.7 Å². The van der Waals surface area contributed by atoms with Crippen LogP contribution in [-0.2, 0) is 18.4 Å². The average molecular weight is 286 g/mol. The molecular weight excluding hydrogens is 268 g/mol. The molecule has 110 valence electrons. The van der Waals surface area contributed by atoms with Crippen LogP contribution in [0, 0.1) is 0 Å². The third kappa shape index (κ3) is 2.47. The molecule has 2 N–H and O–H groups in total. The highest BCUT2D eigenvalue weighted by Gasteiger charge is 2.31. The number of rotatable bonds is 3. The maximum atomic E-state index is 10.9. The summed E-state index contributed by atoms with van der Waals surface area (Å²) in [4.78, 5) is 10.9. The Bertz CT molecular complexity index is 682. The second kappa shape index (κ2) is 5.04. The van der Waals surface area contributed by atoms with Gasteiger partial charge >= 0.3 is 5.97 Å². The molecular formula is C17H18O4. The van der Waals surface area contributed by atoms with Crippen LogP contribution in [0.3, 0.4) is 0 Å². The molecule has 0 saturated carbocycles. The van der Waals surface area contributed by atoms with Gasteiger partial charge in [-0.05, 0) is 61.4 Å². The topological polar surface area (TPSA) is 70.7 Å². The second-order valence-corrected chi connectivity index (χ2v) is 5.73. The lowest BCUT2D eigenvalue weighted by Gasteiger charge is -2.24. The molecule has 0 aliphatic heterocycles. The molecule has 2 aromatic rings. The number of carbonyl (C=O) groups is 1. The van der Waals surface area contributed by atoms with Crippen molar-refractivity contribution in [1.29, 1.82) is 0 Å². The van der Waals surface area contributed by atoms with Gasteiger partial charge in [0.2, 0.25) is 5.76 Å². The zero-order chi connectivity index (χ0) is 15.0. The van der Waals surface area contributed by atoms with Gasteiger partial charge in [0.05, 0.1) is 0 Å². The summed E-state index contributed by atoms with van der Waals surface area (Å²) in [7, 11) is 0. The number of hydrogen-bond donors (Lipinski definition) is 2. The highest BCUT2D eigenvalue weighted by molar-refractivity contribution is 5.84. The predicted molar refractivity (Wildman–Crippen MR) is 77.4 cm³/mol. The monoisotopic (exact) mass is 286 g/mol. The third-order valence-electron chi connectivity index (χ3n) is 4.21. The largest absolute Gasteiger partial charge is 0.475 e.